The minimum Gasteiger partial charge on any atom is -0.198 e. The lowest BCUT2D eigenvalue weighted by atomic mass is 9.92. The third-order valence-corrected chi connectivity index (χ3v) is 2.25. The summed E-state index contributed by atoms with van der Waals surface area (Å²) >= 11 is 0. The fourth-order valence-electron chi connectivity index (χ4n) is 1.66. The molecule has 10 heavy (non-hydrogen) atoms. The van der Waals surface area contributed by atoms with Gasteiger partial charge in [0.25, 0.3) is 0 Å². The molecular formula is C9H15N. The Balaban J connectivity index is 2.32. The largest absolute Gasteiger partial charge is 0.198 e. The lowest BCUT2D eigenvalue weighted by Gasteiger charge is -2.12. The minimum atomic E-state index is 0.461. The van der Waals surface area contributed by atoms with Gasteiger partial charge in [0.15, 0.2) is 0 Å². The predicted octanol–water partition coefficient (Wildman–Crippen LogP) is 2.73. The zero-order chi connectivity index (χ0) is 7.61. The van der Waals surface area contributed by atoms with Gasteiger partial charge in [-0.3, -0.25) is 0 Å². The predicted molar refractivity (Wildman–Crippen MR) is 41.4 cm³/mol. The second-order valence-corrected chi connectivity index (χ2v) is 3.93. The van der Waals surface area contributed by atoms with Crippen LogP contribution in [-0.2, 0) is 0 Å². The first-order valence-corrected chi connectivity index (χ1v) is 4.05. The molecule has 0 amide bonds. The second kappa shape index (κ2) is 2.62. The first-order chi connectivity index (χ1) is 4.68. The molecule has 0 aromatic heterocycles. The van der Waals surface area contributed by atoms with Gasteiger partial charge in [0.2, 0.25) is 0 Å². The van der Waals surface area contributed by atoms with E-state index in [0.29, 0.717) is 5.41 Å². The summed E-state index contributed by atoms with van der Waals surface area (Å²) in [5, 5.41) is 8.50. The zero-order valence-electron chi connectivity index (χ0n) is 6.85. The van der Waals surface area contributed by atoms with Gasteiger partial charge in [-0.15, -0.1) is 0 Å². The molecule has 0 atom stereocenters. The van der Waals surface area contributed by atoms with Crippen LogP contribution in [0.15, 0.2) is 0 Å². The monoisotopic (exact) mass is 137 g/mol. The van der Waals surface area contributed by atoms with E-state index in [1.54, 1.807) is 0 Å². The normalized spacial score (nSPS) is 20.6. The molecule has 1 saturated carbocycles. The van der Waals surface area contributed by atoms with E-state index in [2.05, 4.69) is 19.9 Å². The fourth-order valence-corrected chi connectivity index (χ4v) is 1.66. The molecule has 1 aliphatic rings. The van der Waals surface area contributed by atoms with Gasteiger partial charge in [-0.1, -0.05) is 13.8 Å². The third-order valence-electron chi connectivity index (χ3n) is 2.25. The van der Waals surface area contributed by atoms with Crippen LogP contribution in [0.25, 0.3) is 0 Å². The van der Waals surface area contributed by atoms with Gasteiger partial charge in [0.1, 0.15) is 0 Å². The number of rotatable bonds is 3. The van der Waals surface area contributed by atoms with Crippen LogP contribution in [0.5, 0.6) is 0 Å². The molecule has 0 heterocycles. The van der Waals surface area contributed by atoms with Gasteiger partial charge in [-0.05, 0) is 30.6 Å². The molecule has 0 spiro atoms. The quantitative estimate of drug-likeness (QED) is 0.586. The fraction of sp³-hybridized carbons (Fsp3) is 0.889. The summed E-state index contributed by atoms with van der Waals surface area (Å²) in [5.74, 6) is 0.760. The van der Waals surface area contributed by atoms with E-state index in [-0.39, 0.29) is 0 Å². The van der Waals surface area contributed by atoms with Crippen LogP contribution in [0.3, 0.4) is 0 Å². The molecule has 1 nitrogen and oxygen atoms in total. The van der Waals surface area contributed by atoms with Crippen LogP contribution in [0.1, 0.15) is 39.5 Å². The maximum atomic E-state index is 8.50. The Morgan fingerprint density at radius 3 is 2.40 bits per heavy atom. The number of nitriles is 1. The van der Waals surface area contributed by atoms with Crippen LogP contribution in [0, 0.1) is 22.7 Å². The molecular weight excluding hydrogens is 122 g/mol. The molecule has 0 aromatic rings. The smallest absolute Gasteiger partial charge is 0.0627 e. The van der Waals surface area contributed by atoms with E-state index < -0.39 is 0 Å². The van der Waals surface area contributed by atoms with Gasteiger partial charge in [-0.2, -0.15) is 5.26 Å². The van der Waals surface area contributed by atoms with Gasteiger partial charge in [0, 0.05) is 6.42 Å². The van der Waals surface area contributed by atoms with Crippen molar-refractivity contribution >= 4 is 0 Å². The molecule has 0 unspecified atom stereocenters. The highest BCUT2D eigenvalue weighted by atomic mass is 14.5. The first kappa shape index (κ1) is 7.60. The van der Waals surface area contributed by atoms with Crippen molar-refractivity contribution in [3.05, 3.63) is 0 Å². The van der Waals surface area contributed by atoms with Crippen molar-refractivity contribution in [2.45, 2.75) is 39.5 Å². The van der Waals surface area contributed by atoms with Crippen molar-refractivity contribution in [3.8, 4) is 6.07 Å². The average Bonchev–Trinajstić information content (AvgIpc) is 2.47. The SMILES string of the molecule is CC(C)CC1(CC#N)CC1. The van der Waals surface area contributed by atoms with E-state index in [1.165, 1.54) is 19.3 Å². The van der Waals surface area contributed by atoms with Crippen molar-refractivity contribution in [1.29, 1.82) is 5.26 Å². The lowest BCUT2D eigenvalue weighted by Crippen LogP contribution is -2.03. The molecule has 0 aliphatic heterocycles. The highest BCUT2D eigenvalue weighted by Gasteiger charge is 2.42. The van der Waals surface area contributed by atoms with E-state index in [4.69, 9.17) is 5.26 Å². The number of hydrogen-bond acceptors (Lipinski definition) is 1. The molecule has 56 valence electrons. The summed E-state index contributed by atoms with van der Waals surface area (Å²) < 4.78 is 0. The molecule has 1 aliphatic carbocycles. The average molecular weight is 137 g/mol. The van der Waals surface area contributed by atoms with Gasteiger partial charge in [-0.25, -0.2) is 0 Å². The highest BCUT2D eigenvalue weighted by Crippen LogP contribution is 2.53. The standard InChI is InChI=1S/C9H15N/c1-8(2)7-9(3-4-9)5-6-10/h8H,3-5,7H2,1-2H3. The van der Waals surface area contributed by atoms with E-state index in [1.807, 2.05) is 0 Å². The van der Waals surface area contributed by atoms with Crippen molar-refractivity contribution in [2.75, 3.05) is 0 Å². The molecule has 1 heteroatoms. The van der Waals surface area contributed by atoms with E-state index in [9.17, 15) is 0 Å². The van der Waals surface area contributed by atoms with Crippen molar-refractivity contribution in [1.82, 2.24) is 0 Å². The van der Waals surface area contributed by atoms with Crippen molar-refractivity contribution in [3.63, 3.8) is 0 Å². The summed E-state index contributed by atoms with van der Waals surface area (Å²) in [6.07, 6.45) is 4.61. The molecule has 1 fully saturated rings. The van der Waals surface area contributed by atoms with E-state index in [0.717, 1.165) is 12.3 Å². The maximum absolute atomic E-state index is 8.50. The molecule has 0 N–H and O–H groups in total. The van der Waals surface area contributed by atoms with Crippen molar-refractivity contribution < 1.29 is 0 Å². The summed E-state index contributed by atoms with van der Waals surface area (Å²) in [6.45, 7) is 4.47. The summed E-state index contributed by atoms with van der Waals surface area (Å²) in [4.78, 5) is 0. The molecule has 0 saturated heterocycles. The Kier molecular flexibility index (Phi) is 1.99. The van der Waals surface area contributed by atoms with Gasteiger partial charge >= 0.3 is 0 Å². The van der Waals surface area contributed by atoms with Crippen LogP contribution in [0.2, 0.25) is 0 Å². The highest BCUT2D eigenvalue weighted by molar-refractivity contribution is 4.99. The number of nitrogens with zero attached hydrogens (tertiary/aromatic N) is 1. The Bertz CT molecular complexity index is 149. The van der Waals surface area contributed by atoms with Gasteiger partial charge < -0.3 is 0 Å². The Morgan fingerprint density at radius 1 is 1.50 bits per heavy atom. The van der Waals surface area contributed by atoms with Crippen LogP contribution in [0.4, 0.5) is 0 Å². The maximum Gasteiger partial charge on any atom is 0.0627 e. The van der Waals surface area contributed by atoms with Crippen molar-refractivity contribution in [2.24, 2.45) is 11.3 Å². The third kappa shape index (κ3) is 1.73. The summed E-state index contributed by atoms with van der Waals surface area (Å²) in [5.41, 5.74) is 0.461. The van der Waals surface area contributed by atoms with E-state index >= 15 is 0 Å². The Hall–Kier alpha value is -0.510. The Labute approximate surface area is 63.0 Å². The van der Waals surface area contributed by atoms with Gasteiger partial charge in [0.05, 0.1) is 6.07 Å². The molecule has 0 aromatic carbocycles. The molecule has 1 rings (SSSR count). The minimum absolute atomic E-state index is 0.461. The molecule has 0 bridgehead atoms. The topological polar surface area (TPSA) is 23.8 Å². The molecule has 0 radical (unpaired) electrons. The Morgan fingerprint density at radius 2 is 2.10 bits per heavy atom. The summed E-state index contributed by atoms with van der Waals surface area (Å²) in [7, 11) is 0. The lowest BCUT2D eigenvalue weighted by molar-refractivity contribution is 0.396. The number of hydrogen-bond donors (Lipinski definition) is 0. The zero-order valence-corrected chi connectivity index (χ0v) is 6.85. The van der Waals surface area contributed by atoms with Crippen LogP contribution >= 0.6 is 0 Å². The first-order valence-electron chi connectivity index (χ1n) is 4.05. The van der Waals surface area contributed by atoms with Crippen LogP contribution in [-0.4, -0.2) is 0 Å². The summed E-state index contributed by atoms with van der Waals surface area (Å²) in [6, 6.07) is 2.28. The second-order valence-electron chi connectivity index (χ2n) is 3.93. The van der Waals surface area contributed by atoms with Crippen LogP contribution < -0.4 is 0 Å².